The van der Waals surface area contributed by atoms with Crippen LogP contribution in [0.4, 0.5) is 5.82 Å². The quantitative estimate of drug-likeness (QED) is 0.852. The Morgan fingerprint density at radius 3 is 2.63 bits per heavy atom. The van der Waals surface area contributed by atoms with Gasteiger partial charge in [0.05, 0.1) is 6.61 Å². The summed E-state index contributed by atoms with van der Waals surface area (Å²) in [5, 5.41) is 3.25. The summed E-state index contributed by atoms with van der Waals surface area (Å²) in [6.07, 6.45) is 3.43. The lowest BCUT2D eigenvalue weighted by Gasteiger charge is -2.18. The van der Waals surface area contributed by atoms with Gasteiger partial charge in [0.2, 0.25) is 5.88 Å². The van der Waals surface area contributed by atoms with Crippen LogP contribution in [0, 0.1) is 5.41 Å². The molecule has 106 valence electrons. The molecule has 1 N–H and O–H groups in total. The summed E-state index contributed by atoms with van der Waals surface area (Å²) < 4.78 is 5.80. The van der Waals surface area contributed by atoms with Crippen molar-refractivity contribution in [1.82, 2.24) is 9.97 Å². The number of hydrogen-bond acceptors (Lipinski definition) is 4. The van der Waals surface area contributed by atoms with Gasteiger partial charge in [-0.25, -0.2) is 4.98 Å². The monoisotopic (exact) mass is 263 g/mol. The Balaban J connectivity index is 2.01. The standard InChI is InChI=1S/C15H25N3O/c1-5-16-12-10-13(19-9-8-15(2,3)4)18-14(17-12)11-6-7-11/h10-11H,5-9H2,1-4H3,(H,16,17,18). The Bertz CT molecular complexity index is 422. The second-order valence-corrected chi connectivity index (χ2v) is 6.41. The molecule has 1 heterocycles. The molecule has 1 fully saturated rings. The largest absolute Gasteiger partial charge is 0.478 e. The van der Waals surface area contributed by atoms with Gasteiger partial charge in [-0.3, -0.25) is 0 Å². The normalized spacial score (nSPS) is 15.4. The van der Waals surface area contributed by atoms with Gasteiger partial charge in [-0.15, -0.1) is 0 Å². The summed E-state index contributed by atoms with van der Waals surface area (Å²) in [6, 6.07) is 1.90. The Morgan fingerprint density at radius 2 is 2.05 bits per heavy atom. The van der Waals surface area contributed by atoms with E-state index in [0.717, 1.165) is 24.6 Å². The molecule has 1 aromatic heterocycles. The lowest BCUT2D eigenvalue weighted by Crippen LogP contribution is -2.12. The molecular weight excluding hydrogens is 238 g/mol. The van der Waals surface area contributed by atoms with Gasteiger partial charge >= 0.3 is 0 Å². The lowest BCUT2D eigenvalue weighted by molar-refractivity contribution is 0.235. The minimum Gasteiger partial charge on any atom is -0.478 e. The highest BCUT2D eigenvalue weighted by Gasteiger charge is 2.27. The third kappa shape index (κ3) is 4.69. The number of ether oxygens (including phenoxy) is 1. The molecular formula is C15H25N3O. The van der Waals surface area contributed by atoms with Crippen LogP contribution in [0.5, 0.6) is 5.88 Å². The van der Waals surface area contributed by atoms with Crippen molar-refractivity contribution in [2.24, 2.45) is 5.41 Å². The SMILES string of the molecule is CCNc1cc(OCCC(C)(C)C)nc(C2CC2)n1. The van der Waals surface area contributed by atoms with E-state index in [0.29, 0.717) is 18.4 Å². The van der Waals surface area contributed by atoms with Crippen LogP contribution in [0.3, 0.4) is 0 Å². The molecule has 0 unspecified atom stereocenters. The van der Waals surface area contributed by atoms with E-state index in [1.807, 2.05) is 6.07 Å². The predicted molar refractivity (Wildman–Crippen MR) is 77.7 cm³/mol. The highest BCUT2D eigenvalue weighted by molar-refractivity contribution is 5.39. The van der Waals surface area contributed by atoms with E-state index in [-0.39, 0.29) is 5.41 Å². The molecule has 19 heavy (non-hydrogen) atoms. The molecule has 1 aliphatic rings. The van der Waals surface area contributed by atoms with E-state index in [1.54, 1.807) is 0 Å². The number of nitrogens with zero attached hydrogens (tertiary/aromatic N) is 2. The van der Waals surface area contributed by atoms with Crippen molar-refractivity contribution >= 4 is 5.82 Å². The third-order valence-corrected chi connectivity index (χ3v) is 3.12. The van der Waals surface area contributed by atoms with Crippen molar-refractivity contribution in [2.45, 2.75) is 52.9 Å². The van der Waals surface area contributed by atoms with Crippen LogP contribution in [0.1, 0.15) is 58.7 Å². The Kier molecular flexibility index (Phi) is 4.27. The molecule has 0 aromatic carbocycles. The fourth-order valence-electron chi connectivity index (χ4n) is 1.77. The van der Waals surface area contributed by atoms with Gasteiger partial charge in [-0.2, -0.15) is 4.98 Å². The van der Waals surface area contributed by atoms with Gasteiger partial charge in [0.1, 0.15) is 11.6 Å². The van der Waals surface area contributed by atoms with Crippen LogP contribution in [0.15, 0.2) is 6.07 Å². The fourth-order valence-corrected chi connectivity index (χ4v) is 1.77. The van der Waals surface area contributed by atoms with Crippen molar-refractivity contribution in [1.29, 1.82) is 0 Å². The minimum absolute atomic E-state index is 0.289. The molecule has 0 aliphatic heterocycles. The summed E-state index contributed by atoms with van der Waals surface area (Å²) in [5.41, 5.74) is 0.289. The van der Waals surface area contributed by atoms with Gasteiger partial charge in [0, 0.05) is 18.5 Å². The van der Waals surface area contributed by atoms with E-state index in [1.165, 1.54) is 12.8 Å². The van der Waals surface area contributed by atoms with Crippen molar-refractivity contribution in [3.8, 4) is 5.88 Å². The van der Waals surface area contributed by atoms with Gasteiger partial charge < -0.3 is 10.1 Å². The van der Waals surface area contributed by atoms with Crippen molar-refractivity contribution in [3.05, 3.63) is 11.9 Å². The molecule has 4 heteroatoms. The van der Waals surface area contributed by atoms with Crippen molar-refractivity contribution in [3.63, 3.8) is 0 Å². The number of anilines is 1. The Hall–Kier alpha value is -1.32. The molecule has 1 aliphatic carbocycles. The summed E-state index contributed by atoms with van der Waals surface area (Å²) in [4.78, 5) is 9.06. The first-order valence-electron chi connectivity index (χ1n) is 7.23. The summed E-state index contributed by atoms with van der Waals surface area (Å²) >= 11 is 0. The van der Waals surface area contributed by atoms with Gasteiger partial charge in [-0.1, -0.05) is 20.8 Å². The zero-order valence-corrected chi connectivity index (χ0v) is 12.5. The average Bonchev–Trinajstić information content (AvgIpc) is 3.11. The number of aromatic nitrogens is 2. The first kappa shape index (κ1) is 14.1. The fraction of sp³-hybridized carbons (Fsp3) is 0.733. The van der Waals surface area contributed by atoms with Crippen LogP contribution >= 0.6 is 0 Å². The molecule has 4 nitrogen and oxygen atoms in total. The maximum absolute atomic E-state index is 5.80. The second-order valence-electron chi connectivity index (χ2n) is 6.41. The molecule has 1 aromatic rings. The first-order valence-corrected chi connectivity index (χ1v) is 7.23. The third-order valence-electron chi connectivity index (χ3n) is 3.12. The molecule has 0 radical (unpaired) electrons. The van der Waals surface area contributed by atoms with Gasteiger partial charge in [0.25, 0.3) is 0 Å². The van der Waals surface area contributed by atoms with E-state index < -0.39 is 0 Å². The highest BCUT2D eigenvalue weighted by Crippen LogP contribution is 2.39. The minimum atomic E-state index is 0.289. The topological polar surface area (TPSA) is 47.0 Å². The highest BCUT2D eigenvalue weighted by atomic mass is 16.5. The van der Waals surface area contributed by atoms with Crippen LogP contribution in [-0.2, 0) is 0 Å². The molecule has 1 saturated carbocycles. The van der Waals surface area contributed by atoms with Crippen LogP contribution in [0.25, 0.3) is 0 Å². The zero-order valence-electron chi connectivity index (χ0n) is 12.5. The summed E-state index contributed by atoms with van der Waals surface area (Å²) in [6.45, 7) is 10.3. The van der Waals surface area contributed by atoms with Crippen LogP contribution < -0.4 is 10.1 Å². The molecule has 0 saturated heterocycles. The maximum Gasteiger partial charge on any atom is 0.218 e. The Labute approximate surface area is 116 Å². The molecule has 0 bridgehead atoms. The zero-order chi connectivity index (χ0) is 13.9. The van der Waals surface area contributed by atoms with Crippen molar-refractivity contribution in [2.75, 3.05) is 18.5 Å². The van der Waals surface area contributed by atoms with Gasteiger partial charge in [-0.05, 0) is 31.6 Å². The average molecular weight is 263 g/mol. The van der Waals surface area contributed by atoms with Gasteiger partial charge in [0.15, 0.2) is 0 Å². The van der Waals surface area contributed by atoms with E-state index in [2.05, 4.69) is 43.0 Å². The molecule has 2 rings (SSSR count). The van der Waals surface area contributed by atoms with E-state index in [9.17, 15) is 0 Å². The number of rotatable bonds is 6. The predicted octanol–water partition coefficient (Wildman–Crippen LogP) is 3.60. The van der Waals surface area contributed by atoms with E-state index in [4.69, 9.17) is 4.74 Å². The molecule has 0 spiro atoms. The van der Waals surface area contributed by atoms with Crippen LogP contribution in [-0.4, -0.2) is 23.1 Å². The molecule has 0 atom stereocenters. The molecule has 0 amide bonds. The second kappa shape index (κ2) is 5.76. The summed E-state index contributed by atoms with van der Waals surface area (Å²) in [5.74, 6) is 3.06. The first-order chi connectivity index (χ1) is 8.98. The Morgan fingerprint density at radius 1 is 1.32 bits per heavy atom. The lowest BCUT2D eigenvalue weighted by atomic mass is 9.93. The summed E-state index contributed by atoms with van der Waals surface area (Å²) in [7, 11) is 0. The smallest absolute Gasteiger partial charge is 0.218 e. The van der Waals surface area contributed by atoms with E-state index >= 15 is 0 Å². The van der Waals surface area contributed by atoms with Crippen molar-refractivity contribution < 1.29 is 4.74 Å². The van der Waals surface area contributed by atoms with Crippen LogP contribution in [0.2, 0.25) is 0 Å². The number of nitrogens with one attached hydrogen (secondary N) is 1. The number of hydrogen-bond donors (Lipinski definition) is 1. The maximum atomic E-state index is 5.80.